The summed E-state index contributed by atoms with van der Waals surface area (Å²) in [6, 6.07) is 5.23. The van der Waals surface area contributed by atoms with Crippen LogP contribution in [0.4, 0.5) is 4.79 Å². The molecule has 0 bridgehead atoms. The largest absolute Gasteiger partial charge is 0.493 e. The second kappa shape index (κ2) is 10.6. The van der Waals surface area contributed by atoms with Crippen molar-refractivity contribution in [3.05, 3.63) is 40.5 Å². The van der Waals surface area contributed by atoms with Crippen molar-refractivity contribution >= 4 is 23.7 Å². The third kappa shape index (κ3) is 4.41. The lowest BCUT2D eigenvalue weighted by Crippen LogP contribution is -2.29. The normalized spacial score (nSPS) is 16.2. The van der Waals surface area contributed by atoms with Crippen molar-refractivity contribution in [2.45, 2.75) is 24.8 Å². The van der Waals surface area contributed by atoms with Gasteiger partial charge in [0.05, 0.1) is 27.9 Å². The van der Waals surface area contributed by atoms with Crippen LogP contribution in [0.3, 0.4) is 0 Å². The third-order valence-electron chi connectivity index (χ3n) is 6.11. The van der Waals surface area contributed by atoms with Gasteiger partial charge in [-0.2, -0.15) is 0 Å². The van der Waals surface area contributed by atoms with Crippen molar-refractivity contribution in [3.63, 3.8) is 0 Å². The molecule has 0 fully saturated rings. The molecule has 2 atom stereocenters. The van der Waals surface area contributed by atoms with E-state index in [2.05, 4.69) is 0 Å². The van der Waals surface area contributed by atoms with Crippen molar-refractivity contribution in [2.75, 3.05) is 48.3 Å². The summed E-state index contributed by atoms with van der Waals surface area (Å²) in [5.41, 5.74) is 2.14. The van der Waals surface area contributed by atoms with Gasteiger partial charge in [-0.25, -0.2) is 9.59 Å². The Balaban J connectivity index is 1.76. The first kappa shape index (κ1) is 25.6. The zero-order valence-corrected chi connectivity index (χ0v) is 21.5. The highest BCUT2D eigenvalue weighted by atomic mass is 35.5. The molecule has 36 heavy (non-hydrogen) atoms. The lowest BCUT2D eigenvalue weighted by Gasteiger charge is -2.25. The third-order valence-corrected chi connectivity index (χ3v) is 6.55. The molecule has 2 aromatic carbocycles. The van der Waals surface area contributed by atoms with E-state index in [1.807, 2.05) is 0 Å². The molecule has 1 amide bonds. The molecule has 10 nitrogen and oxygen atoms in total. The molecule has 0 spiro atoms. The Morgan fingerprint density at radius 1 is 1.17 bits per heavy atom. The molecule has 2 aromatic rings. The van der Waals surface area contributed by atoms with Crippen LogP contribution in [0.25, 0.3) is 0 Å². The Morgan fingerprint density at radius 3 is 2.58 bits per heavy atom. The Labute approximate surface area is 213 Å². The van der Waals surface area contributed by atoms with Crippen LogP contribution < -0.4 is 23.7 Å². The first-order valence-electron chi connectivity index (χ1n) is 11.3. The predicted molar refractivity (Wildman–Crippen MR) is 129 cm³/mol. The maximum absolute atomic E-state index is 12.9. The molecule has 0 N–H and O–H groups in total. The minimum Gasteiger partial charge on any atom is -0.493 e. The summed E-state index contributed by atoms with van der Waals surface area (Å²) in [5, 5.41) is -0.861. The maximum atomic E-state index is 12.9. The molecule has 2 aliphatic heterocycles. The maximum Gasteiger partial charge on any atom is 0.409 e. The summed E-state index contributed by atoms with van der Waals surface area (Å²) in [5.74, 6) is 1.41. The van der Waals surface area contributed by atoms with E-state index in [4.69, 9.17) is 44.8 Å². The predicted octanol–water partition coefficient (Wildman–Crippen LogP) is 4.26. The average Bonchev–Trinajstić information content (AvgIpc) is 3.49. The average molecular weight is 522 g/mol. The van der Waals surface area contributed by atoms with E-state index in [-0.39, 0.29) is 24.7 Å². The van der Waals surface area contributed by atoms with Gasteiger partial charge in [0.25, 0.3) is 0 Å². The fourth-order valence-corrected chi connectivity index (χ4v) is 4.83. The van der Waals surface area contributed by atoms with Gasteiger partial charge >= 0.3 is 12.1 Å². The SMILES string of the molecule is CCOC(=O)N(C)CCc1cc2c(c(OC)c1[C@H](Cl)[C@H]1OC(=O)c3c1ccc(OC)c3OC)OCO2. The molecule has 0 aliphatic carbocycles. The van der Waals surface area contributed by atoms with Crippen molar-refractivity contribution in [1.82, 2.24) is 4.90 Å². The first-order chi connectivity index (χ1) is 17.4. The standard InChI is InChI=1S/C25H28ClNO9/c1-6-33-25(29)27(2)10-9-13-11-16-22(35-12-34-16)23(32-5)17(13)19(26)20-14-7-8-15(30-3)21(31-4)18(14)24(28)36-20/h7-8,11,19-20H,6,9-10,12H2,1-5H3/t19-,20-/m0/s1. The number of hydrogen-bond donors (Lipinski definition) is 0. The number of halogens is 1. The zero-order valence-electron chi connectivity index (χ0n) is 20.7. The number of methoxy groups -OCH3 is 3. The molecule has 2 aliphatic rings. The summed E-state index contributed by atoms with van der Waals surface area (Å²) in [6.45, 7) is 2.39. The highest BCUT2D eigenvalue weighted by Gasteiger charge is 2.42. The van der Waals surface area contributed by atoms with Crippen LogP contribution in [0.2, 0.25) is 0 Å². The van der Waals surface area contributed by atoms with Crippen molar-refractivity contribution in [1.29, 1.82) is 0 Å². The van der Waals surface area contributed by atoms with Crippen LogP contribution in [0, 0.1) is 0 Å². The molecule has 0 unspecified atom stereocenters. The van der Waals surface area contributed by atoms with Crippen LogP contribution in [0.15, 0.2) is 18.2 Å². The number of carbonyl (C=O) groups is 2. The number of esters is 1. The number of benzene rings is 2. The molecule has 0 aromatic heterocycles. The van der Waals surface area contributed by atoms with E-state index < -0.39 is 23.5 Å². The van der Waals surface area contributed by atoms with Gasteiger partial charge in [0.1, 0.15) is 17.0 Å². The molecular formula is C25H28ClNO9. The molecule has 11 heteroatoms. The number of likely N-dealkylation sites (N-methyl/N-ethyl adjacent to an activating group) is 1. The number of amides is 1. The van der Waals surface area contributed by atoms with Gasteiger partial charge in [-0.05, 0) is 31.0 Å². The van der Waals surface area contributed by atoms with E-state index in [0.717, 1.165) is 5.56 Å². The fraction of sp³-hybridized carbons (Fsp3) is 0.440. The monoisotopic (exact) mass is 521 g/mol. The molecule has 0 saturated heterocycles. The highest BCUT2D eigenvalue weighted by Crippen LogP contribution is 2.54. The van der Waals surface area contributed by atoms with E-state index in [1.54, 1.807) is 32.2 Å². The Hall–Kier alpha value is -3.53. The number of ether oxygens (including phenoxy) is 7. The molecule has 0 saturated carbocycles. The molecule has 0 radical (unpaired) electrons. The van der Waals surface area contributed by atoms with Crippen LogP contribution in [-0.2, 0) is 15.9 Å². The van der Waals surface area contributed by atoms with E-state index >= 15 is 0 Å². The van der Waals surface area contributed by atoms with E-state index in [1.165, 1.54) is 26.2 Å². The number of cyclic esters (lactones) is 1. The molecular weight excluding hydrogens is 494 g/mol. The van der Waals surface area contributed by atoms with Gasteiger partial charge in [0.15, 0.2) is 23.0 Å². The Morgan fingerprint density at radius 2 is 1.92 bits per heavy atom. The van der Waals surface area contributed by atoms with Gasteiger partial charge in [0.2, 0.25) is 12.5 Å². The summed E-state index contributed by atoms with van der Waals surface area (Å²) in [7, 11) is 6.09. The Kier molecular flexibility index (Phi) is 7.53. The lowest BCUT2D eigenvalue weighted by molar-refractivity contribution is 0.0372. The highest BCUT2D eigenvalue weighted by molar-refractivity contribution is 6.22. The molecule has 2 heterocycles. The summed E-state index contributed by atoms with van der Waals surface area (Å²) < 4.78 is 38.5. The van der Waals surface area contributed by atoms with Gasteiger partial charge in [0, 0.05) is 24.7 Å². The topological polar surface area (TPSA) is 102 Å². The Bertz CT molecular complexity index is 1170. The van der Waals surface area contributed by atoms with Crippen LogP contribution in [-0.4, -0.2) is 65.3 Å². The van der Waals surface area contributed by atoms with Crippen LogP contribution in [0.1, 0.15) is 45.5 Å². The zero-order chi connectivity index (χ0) is 26.0. The van der Waals surface area contributed by atoms with E-state index in [9.17, 15) is 9.59 Å². The minimum atomic E-state index is -0.861. The lowest BCUT2D eigenvalue weighted by atomic mass is 9.92. The first-order valence-corrected chi connectivity index (χ1v) is 11.8. The van der Waals surface area contributed by atoms with Gasteiger partial charge < -0.3 is 38.1 Å². The molecule has 4 rings (SSSR count). The number of carbonyl (C=O) groups excluding carboxylic acids is 2. The van der Waals surface area contributed by atoms with Crippen molar-refractivity contribution in [3.8, 4) is 28.7 Å². The van der Waals surface area contributed by atoms with Crippen LogP contribution >= 0.6 is 11.6 Å². The number of hydrogen-bond acceptors (Lipinski definition) is 9. The second-order valence-electron chi connectivity index (χ2n) is 8.08. The smallest absolute Gasteiger partial charge is 0.409 e. The quantitative estimate of drug-likeness (QED) is 0.353. The number of nitrogens with zero attached hydrogens (tertiary/aromatic N) is 1. The van der Waals surface area contributed by atoms with Crippen molar-refractivity contribution in [2.24, 2.45) is 0 Å². The van der Waals surface area contributed by atoms with Gasteiger partial charge in [-0.1, -0.05) is 6.07 Å². The molecule has 194 valence electrons. The van der Waals surface area contributed by atoms with Gasteiger partial charge in [-0.15, -0.1) is 11.6 Å². The van der Waals surface area contributed by atoms with Gasteiger partial charge in [-0.3, -0.25) is 0 Å². The van der Waals surface area contributed by atoms with Crippen molar-refractivity contribution < 1.29 is 42.7 Å². The summed E-state index contributed by atoms with van der Waals surface area (Å²) >= 11 is 7.06. The summed E-state index contributed by atoms with van der Waals surface area (Å²) in [4.78, 5) is 26.5. The number of fused-ring (bicyclic) bond motifs is 2. The number of alkyl halides is 1. The van der Waals surface area contributed by atoms with E-state index in [0.29, 0.717) is 47.1 Å². The minimum absolute atomic E-state index is 0.0303. The second-order valence-corrected chi connectivity index (χ2v) is 8.55. The summed E-state index contributed by atoms with van der Waals surface area (Å²) in [6.07, 6.45) is -0.876. The van der Waals surface area contributed by atoms with Crippen LogP contribution in [0.5, 0.6) is 28.7 Å². The number of rotatable bonds is 9. The fourth-order valence-electron chi connectivity index (χ4n) is 4.40.